The lowest BCUT2D eigenvalue weighted by Gasteiger charge is -2.07. The summed E-state index contributed by atoms with van der Waals surface area (Å²) in [6.07, 6.45) is 3.92. The summed E-state index contributed by atoms with van der Waals surface area (Å²) in [5.74, 6) is 0.893. The van der Waals surface area contributed by atoms with Gasteiger partial charge >= 0.3 is 0 Å². The molecule has 128 valence electrons. The number of rotatable bonds is 5. The van der Waals surface area contributed by atoms with Gasteiger partial charge in [-0.2, -0.15) is 0 Å². The van der Waals surface area contributed by atoms with Gasteiger partial charge in [-0.3, -0.25) is 4.79 Å². The number of anilines is 1. The molecule has 0 aliphatic heterocycles. The minimum absolute atomic E-state index is 0.216. The van der Waals surface area contributed by atoms with E-state index in [2.05, 4.69) is 5.32 Å². The maximum atomic E-state index is 12.2. The molecule has 4 nitrogen and oxygen atoms in total. The topological polar surface area (TPSA) is 51.5 Å². The van der Waals surface area contributed by atoms with Crippen LogP contribution in [-0.4, -0.2) is 13.0 Å². The number of hydrogen-bond donors (Lipinski definition) is 1. The van der Waals surface area contributed by atoms with Crippen molar-refractivity contribution in [2.45, 2.75) is 13.3 Å². The Labute approximate surface area is 151 Å². The fourth-order valence-electron chi connectivity index (χ4n) is 2.62. The Bertz CT molecular complexity index is 943. The first-order valence-corrected chi connectivity index (χ1v) is 8.32. The molecule has 1 amide bonds. The third kappa shape index (κ3) is 3.86. The number of carbonyl (C=O) groups excluding carboxylic acids is 1. The normalized spacial score (nSPS) is 11.2. The fraction of sp³-hybridized carbons (Fsp3) is 0.150. The van der Waals surface area contributed by atoms with Gasteiger partial charge in [0.1, 0.15) is 5.76 Å². The van der Waals surface area contributed by atoms with E-state index in [-0.39, 0.29) is 5.91 Å². The Balaban J connectivity index is 1.79. The number of nitrogens with one attached hydrogen (secondary N) is 1. The third-order valence-corrected chi connectivity index (χ3v) is 4.06. The van der Waals surface area contributed by atoms with Gasteiger partial charge in [0.05, 0.1) is 7.11 Å². The van der Waals surface area contributed by atoms with Gasteiger partial charge in [-0.25, -0.2) is 0 Å². The SMILES string of the molecule is CCc1ccccc1NC(=O)/C=C/c1cc2cc(Cl)cc(OC)c2o1. The second kappa shape index (κ2) is 7.45. The molecule has 0 aliphatic rings. The first-order chi connectivity index (χ1) is 12.1. The molecule has 0 saturated heterocycles. The average molecular weight is 356 g/mol. The largest absolute Gasteiger partial charge is 0.493 e. The molecule has 0 spiro atoms. The zero-order chi connectivity index (χ0) is 17.8. The maximum Gasteiger partial charge on any atom is 0.248 e. The zero-order valence-electron chi connectivity index (χ0n) is 14.0. The van der Waals surface area contributed by atoms with Crippen LogP contribution in [0.15, 0.2) is 53.0 Å². The number of hydrogen-bond acceptors (Lipinski definition) is 3. The fourth-order valence-corrected chi connectivity index (χ4v) is 2.84. The summed E-state index contributed by atoms with van der Waals surface area (Å²) in [4.78, 5) is 12.2. The first kappa shape index (κ1) is 17.1. The molecular weight excluding hydrogens is 338 g/mol. The molecule has 0 radical (unpaired) electrons. The summed E-state index contributed by atoms with van der Waals surface area (Å²) in [6, 6.07) is 13.0. The summed E-state index contributed by atoms with van der Waals surface area (Å²) in [6.45, 7) is 2.05. The summed E-state index contributed by atoms with van der Waals surface area (Å²) >= 11 is 6.05. The molecule has 3 rings (SSSR count). The minimum Gasteiger partial charge on any atom is -0.493 e. The molecule has 5 heteroatoms. The number of carbonyl (C=O) groups is 1. The third-order valence-electron chi connectivity index (χ3n) is 3.84. The van der Waals surface area contributed by atoms with Crippen LogP contribution in [0.4, 0.5) is 5.69 Å². The van der Waals surface area contributed by atoms with Gasteiger partial charge in [0, 0.05) is 28.2 Å². The number of benzene rings is 2. The number of fused-ring (bicyclic) bond motifs is 1. The van der Waals surface area contributed by atoms with Gasteiger partial charge in [-0.15, -0.1) is 0 Å². The van der Waals surface area contributed by atoms with Crippen molar-refractivity contribution in [3.05, 3.63) is 64.9 Å². The smallest absolute Gasteiger partial charge is 0.248 e. The van der Waals surface area contributed by atoms with Crippen LogP contribution >= 0.6 is 11.6 Å². The number of methoxy groups -OCH3 is 1. The molecular formula is C20H18ClNO3. The maximum absolute atomic E-state index is 12.2. The molecule has 0 fully saturated rings. The highest BCUT2D eigenvalue weighted by Gasteiger charge is 2.10. The summed E-state index contributed by atoms with van der Waals surface area (Å²) < 4.78 is 11.0. The van der Waals surface area contributed by atoms with E-state index >= 15 is 0 Å². The highest BCUT2D eigenvalue weighted by molar-refractivity contribution is 6.31. The molecule has 1 heterocycles. The molecule has 0 bridgehead atoms. The van der Waals surface area contributed by atoms with Gasteiger partial charge in [0.2, 0.25) is 5.91 Å². The average Bonchev–Trinajstić information content (AvgIpc) is 3.02. The van der Waals surface area contributed by atoms with Crippen LogP contribution in [0.5, 0.6) is 5.75 Å². The molecule has 1 N–H and O–H groups in total. The Morgan fingerprint density at radius 3 is 2.84 bits per heavy atom. The van der Waals surface area contributed by atoms with Crippen molar-refractivity contribution in [3.63, 3.8) is 0 Å². The highest BCUT2D eigenvalue weighted by atomic mass is 35.5. The predicted molar refractivity (Wildman–Crippen MR) is 101 cm³/mol. The molecule has 0 aliphatic carbocycles. The van der Waals surface area contributed by atoms with Crippen molar-refractivity contribution in [2.75, 3.05) is 12.4 Å². The second-order valence-corrected chi connectivity index (χ2v) is 5.94. The van der Waals surface area contributed by atoms with E-state index in [0.717, 1.165) is 23.1 Å². The molecule has 0 saturated carbocycles. The first-order valence-electron chi connectivity index (χ1n) is 7.94. The number of halogens is 1. The summed E-state index contributed by atoms with van der Waals surface area (Å²) in [7, 11) is 1.56. The number of ether oxygens (including phenoxy) is 1. The Hall–Kier alpha value is -2.72. The quantitative estimate of drug-likeness (QED) is 0.631. The van der Waals surface area contributed by atoms with Crippen LogP contribution < -0.4 is 10.1 Å². The molecule has 3 aromatic rings. The van der Waals surface area contributed by atoms with Crippen LogP contribution in [0, 0.1) is 0 Å². The van der Waals surface area contributed by atoms with E-state index in [9.17, 15) is 4.79 Å². The van der Waals surface area contributed by atoms with Crippen LogP contribution in [-0.2, 0) is 11.2 Å². The lowest BCUT2D eigenvalue weighted by Crippen LogP contribution is -2.09. The van der Waals surface area contributed by atoms with E-state index in [1.54, 1.807) is 25.3 Å². The van der Waals surface area contributed by atoms with Gasteiger partial charge < -0.3 is 14.5 Å². The summed E-state index contributed by atoms with van der Waals surface area (Å²) in [5.41, 5.74) is 2.51. The Morgan fingerprint density at radius 1 is 1.28 bits per heavy atom. The van der Waals surface area contributed by atoms with Gasteiger partial charge in [-0.05, 0) is 36.3 Å². The van der Waals surface area contributed by atoms with Crippen LogP contribution in [0.25, 0.3) is 17.0 Å². The van der Waals surface area contributed by atoms with E-state index in [0.29, 0.717) is 22.1 Å². The molecule has 1 aromatic heterocycles. The zero-order valence-corrected chi connectivity index (χ0v) is 14.8. The highest BCUT2D eigenvalue weighted by Crippen LogP contribution is 2.32. The van der Waals surface area contributed by atoms with E-state index in [1.165, 1.54) is 6.08 Å². The van der Waals surface area contributed by atoms with Crippen LogP contribution in [0.1, 0.15) is 18.2 Å². The Kier molecular flexibility index (Phi) is 5.10. The van der Waals surface area contributed by atoms with Gasteiger partial charge in [0.25, 0.3) is 0 Å². The number of para-hydroxylation sites is 1. The number of amides is 1. The van der Waals surface area contributed by atoms with Crippen LogP contribution in [0.2, 0.25) is 5.02 Å². The lowest BCUT2D eigenvalue weighted by molar-refractivity contribution is -0.111. The standard InChI is InChI=1S/C20H18ClNO3/c1-3-13-6-4-5-7-17(13)22-19(23)9-8-16-11-14-10-15(21)12-18(24-2)20(14)25-16/h4-12H,3H2,1-2H3,(H,22,23)/b9-8+. The van der Waals surface area contributed by atoms with Crippen molar-refractivity contribution in [1.82, 2.24) is 0 Å². The van der Waals surface area contributed by atoms with Crippen LogP contribution in [0.3, 0.4) is 0 Å². The minimum atomic E-state index is -0.216. The van der Waals surface area contributed by atoms with Crippen molar-refractivity contribution in [3.8, 4) is 5.75 Å². The molecule has 0 unspecified atom stereocenters. The van der Waals surface area contributed by atoms with E-state index < -0.39 is 0 Å². The van der Waals surface area contributed by atoms with Gasteiger partial charge in [-0.1, -0.05) is 36.7 Å². The van der Waals surface area contributed by atoms with E-state index in [4.69, 9.17) is 20.8 Å². The molecule has 2 aromatic carbocycles. The number of furan rings is 1. The van der Waals surface area contributed by atoms with Crippen molar-refractivity contribution < 1.29 is 13.9 Å². The molecule has 0 atom stereocenters. The Morgan fingerprint density at radius 2 is 2.08 bits per heavy atom. The second-order valence-electron chi connectivity index (χ2n) is 5.51. The van der Waals surface area contributed by atoms with Crippen molar-refractivity contribution in [1.29, 1.82) is 0 Å². The lowest BCUT2D eigenvalue weighted by atomic mass is 10.1. The van der Waals surface area contributed by atoms with Gasteiger partial charge in [0.15, 0.2) is 11.3 Å². The monoisotopic (exact) mass is 355 g/mol. The predicted octanol–water partition coefficient (Wildman–Crippen LogP) is 5.31. The van der Waals surface area contributed by atoms with Crippen molar-refractivity contribution in [2.24, 2.45) is 0 Å². The van der Waals surface area contributed by atoms with E-state index in [1.807, 2.05) is 37.3 Å². The van der Waals surface area contributed by atoms with Crippen molar-refractivity contribution >= 4 is 40.2 Å². The number of aryl methyl sites for hydroxylation is 1. The molecule has 25 heavy (non-hydrogen) atoms. The summed E-state index contributed by atoms with van der Waals surface area (Å²) in [5, 5.41) is 4.27.